The third-order valence-corrected chi connectivity index (χ3v) is 6.91. The molecule has 2 N–H and O–H groups in total. The van der Waals surface area contributed by atoms with Gasteiger partial charge in [-0.2, -0.15) is 11.8 Å². The molecule has 1 aromatic rings. The van der Waals surface area contributed by atoms with Crippen molar-refractivity contribution in [1.29, 1.82) is 0 Å². The molecule has 2 aliphatic heterocycles. The van der Waals surface area contributed by atoms with Crippen molar-refractivity contribution in [3.8, 4) is 0 Å². The molecule has 0 bridgehead atoms. The van der Waals surface area contributed by atoms with Crippen molar-refractivity contribution in [2.45, 2.75) is 63.2 Å². The summed E-state index contributed by atoms with van der Waals surface area (Å²) in [5.74, 6) is 2.09. The zero-order valence-electron chi connectivity index (χ0n) is 16.3. The minimum Gasteiger partial charge on any atom is -0.343 e. The van der Waals surface area contributed by atoms with Crippen molar-refractivity contribution >= 4 is 23.6 Å². The lowest BCUT2D eigenvalue weighted by Crippen LogP contribution is -2.58. The van der Waals surface area contributed by atoms with Crippen molar-refractivity contribution in [2.75, 3.05) is 18.6 Å². The summed E-state index contributed by atoms with van der Waals surface area (Å²) >= 11 is 1.94. The molecule has 0 aromatic heterocycles. The van der Waals surface area contributed by atoms with Crippen LogP contribution in [0, 0.1) is 0 Å². The molecule has 2 aliphatic rings. The number of nitrogens with zero attached hydrogens (tertiary/aromatic N) is 1. The van der Waals surface area contributed by atoms with Crippen LogP contribution in [-0.4, -0.2) is 59.4 Å². The van der Waals surface area contributed by atoms with Crippen molar-refractivity contribution in [3.63, 3.8) is 0 Å². The monoisotopic (exact) mass is 389 g/mol. The van der Waals surface area contributed by atoms with Gasteiger partial charge in [0.15, 0.2) is 0 Å². The Morgan fingerprint density at radius 2 is 1.96 bits per heavy atom. The lowest BCUT2D eigenvalue weighted by Gasteiger charge is -2.38. The van der Waals surface area contributed by atoms with Crippen molar-refractivity contribution < 1.29 is 9.59 Å². The van der Waals surface area contributed by atoms with E-state index in [4.69, 9.17) is 0 Å². The van der Waals surface area contributed by atoms with E-state index >= 15 is 0 Å². The molecule has 0 radical (unpaired) electrons. The normalized spacial score (nSPS) is 25.9. The summed E-state index contributed by atoms with van der Waals surface area (Å²) in [7, 11) is 1.76. The van der Waals surface area contributed by atoms with E-state index in [1.807, 2.05) is 24.8 Å². The summed E-state index contributed by atoms with van der Waals surface area (Å²) in [5, 5.41) is 5.87. The molecule has 3 rings (SSSR count). The van der Waals surface area contributed by atoms with Gasteiger partial charge < -0.3 is 15.5 Å². The molecule has 0 aliphatic carbocycles. The topological polar surface area (TPSA) is 61.4 Å². The van der Waals surface area contributed by atoms with Crippen LogP contribution in [0.2, 0.25) is 0 Å². The van der Waals surface area contributed by atoms with E-state index in [9.17, 15) is 9.59 Å². The van der Waals surface area contributed by atoms with E-state index in [0.717, 1.165) is 43.6 Å². The quantitative estimate of drug-likeness (QED) is 0.669. The van der Waals surface area contributed by atoms with Gasteiger partial charge >= 0.3 is 0 Å². The van der Waals surface area contributed by atoms with E-state index in [2.05, 4.69) is 39.8 Å². The Hall–Kier alpha value is -1.53. The number of carbonyl (C=O) groups is 2. The van der Waals surface area contributed by atoms with Crippen molar-refractivity contribution in [2.24, 2.45) is 0 Å². The third-order valence-electron chi connectivity index (χ3n) is 5.79. The Morgan fingerprint density at radius 1 is 1.22 bits per heavy atom. The van der Waals surface area contributed by atoms with Crippen LogP contribution in [0.5, 0.6) is 0 Å². The number of hydrogen-bond acceptors (Lipinski definition) is 4. The minimum atomic E-state index is -0.362. The molecular formula is C21H31N3O2S. The third kappa shape index (κ3) is 5.05. The Labute approximate surface area is 166 Å². The molecule has 2 saturated heterocycles. The average molecular weight is 390 g/mol. The summed E-state index contributed by atoms with van der Waals surface area (Å²) in [5.41, 5.74) is 1.37. The van der Waals surface area contributed by atoms with Gasteiger partial charge in [-0.3, -0.25) is 9.59 Å². The Kier molecular flexibility index (Phi) is 7.19. The first-order valence-corrected chi connectivity index (χ1v) is 11.2. The molecule has 2 heterocycles. The summed E-state index contributed by atoms with van der Waals surface area (Å²) in [4.78, 5) is 27.2. The van der Waals surface area contributed by atoms with Crippen LogP contribution in [0.1, 0.15) is 38.2 Å². The highest BCUT2D eigenvalue weighted by Crippen LogP contribution is 2.34. The maximum atomic E-state index is 13.0. The minimum absolute atomic E-state index is 0.0951. The van der Waals surface area contributed by atoms with Crippen molar-refractivity contribution in [3.05, 3.63) is 35.9 Å². The van der Waals surface area contributed by atoms with Crippen LogP contribution in [0.25, 0.3) is 0 Å². The average Bonchev–Trinajstić information content (AvgIpc) is 3.11. The Morgan fingerprint density at radius 3 is 2.70 bits per heavy atom. The number of thioether (sulfide) groups is 1. The molecule has 6 heteroatoms. The molecule has 148 valence electrons. The zero-order chi connectivity index (χ0) is 19.2. The van der Waals surface area contributed by atoms with Gasteiger partial charge in [0, 0.05) is 17.8 Å². The lowest BCUT2D eigenvalue weighted by molar-refractivity contribution is -0.142. The maximum Gasteiger partial charge on any atom is 0.245 e. The van der Waals surface area contributed by atoms with Crippen LogP contribution >= 0.6 is 11.8 Å². The smallest absolute Gasteiger partial charge is 0.245 e. The number of amides is 2. The summed E-state index contributed by atoms with van der Waals surface area (Å²) in [6, 6.07) is 10.6. The van der Waals surface area contributed by atoms with Crippen LogP contribution in [0.4, 0.5) is 0 Å². The van der Waals surface area contributed by atoms with E-state index in [0.29, 0.717) is 12.1 Å². The van der Waals surface area contributed by atoms with Gasteiger partial charge in [-0.05, 0) is 57.4 Å². The predicted octanol–water partition coefficient (Wildman–Crippen LogP) is 2.21. The molecule has 2 fully saturated rings. The highest BCUT2D eigenvalue weighted by Gasteiger charge is 2.43. The second kappa shape index (κ2) is 9.60. The number of piperidine rings is 1. The molecule has 0 saturated carbocycles. The highest BCUT2D eigenvalue weighted by atomic mass is 32.2. The number of benzene rings is 1. The van der Waals surface area contributed by atoms with Gasteiger partial charge in [-0.15, -0.1) is 0 Å². The first-order chi connectivity index (χ1) is 13.1. The standard InChI is InChI=1S/C21H31N3O2S/c1-15(22-2)20(25)23-19-11-10-17-8-9-18(24(17)21(19)26)14-27-13-12-16-6-4-3-5-7-16/h3-7,15,17-19,22H,8-14H2,1-2H3,(H,23,25)/t15?,17-,18+,19+/m1/s1. The first-order valence-electron chi connectivity index (χ1n) is 10.0. The number of likely N-dealkylation sites (N-methyl/N-ethyl adjacent to an activating group) is 1. The first kappa shape index (κ1) is 20.2. The highest BCUT2D eigenvalue weighted by molar-refractivity contribution is 7.99. The predicted molar refractivity (Wildman–Crippen MR) is 111 cm³/mol. The van der Waals surface area contributed by atoms with Gasteiger partial charge in [0.25, 0.3) is 0 Å². The maximum absolute atomic E-state index is 13.0. The number of fused-ring (bicyclic) bond motifs is 1. The second-order valence-corrected chi connectivity index (χ2v) is 8.74. The summed E-state index contributed by atoms with van der Waals surface area (Å²) < 4.78 is 0. The van der Waals surface area contributed by atoms with Gasteiger partial charge in [-0.1, -0.05) is 30.3 Å². The lowest BCUT2D eigenvalue weighted by atomic mass is 9.98. The summed E-state index contributed by atoms with van der Waals surface area (Å²) in [6.45, 7) is 1.81. The SMILES string of the molecule is CNC(C)C(=O)N[C@H]1CC[C@H]2CC[C@@H](CSCCc3ccccc3)N2C1=O. The van der Waals surface area contributed by atoms with Crippen LogP contribution in [0.3, 0.4) is 0 Å². The van der Waals surface area contributed by atoms with E-state index in [-0.39, 0.29) is 23.9 Å². The molecule has 5 nitrogen and oxygen atoms in total. The number of nitrogens with one attached hydrogen (secondary N) is 2. The van der Waals surface area contributed by atoms with E-state index in [1.165, 1.54) is 5.56 Å². The fraction of sp³-hybridized carbons (Fsp3) is 0.619. The van der Waals surface area contributed by atoms with E-state index in [1.54, 1.807) is 7.05 Å². The van der Waals surface area contributed by atoms with Gasteiger partial charge in [0.1, 0.15) is 6.04 Å². The van der Waals surface area contributed by atoms with Gasteiger partial charge in [-0.25, -0.2) is 0 Å². The molecule has 4 atom stereocenters. The number of rotatable bonds is 8. The molecule has 27 heavy (non-hydrogen) atoms. The molecule has 2 amide bonds. The van der Waals surface area contributed by atoms with Crippen LogP contribution < -0.4 is 10.6 Å². The Balaban J connectivity index is 1.49. The Bertz CT molecular complexity index is 640. The fourth-order valence-electron chi connectivity index (χ4n) is 4.05. The molecule has 1 aromatic carbocycles. The fourth-order valence-corrected chi connectivity index (χ4v) is 5.19. The molecular weight excluding hydrogens is 358 g/mol. The number of hydrogen-bond donors (Lipinski definition) is 2. The zero-order valence-corrected chi connectivity index (χ0v) is 17.1. The van der Waals surface area contributed by atoms with Gasteiger partial charge in [0.05, 0.1) is 6.04 Å². The molecule has 0 spiro atoms. The number of carbonyl (C=O) groups excluding carboxylic acids is 2. The van der Waals surface area contributed by atoms with Crippen molar-refractivity contribution in [1.82, 2.24) is 15.5 Å². The summed E-state index contributed by atoms with van der Waals surface area (Å²) in [6.07, 6.45) is 5.01. The largest absolute Gasteiger partial charge is 0.343 e. The van der Waals surface area contributed by atoms with Gasteiger partial charge in [0.2, 0.25) is 11.8 Å². The molecule has 1 unspecified atom stereocenters. The van der Waals surface area contributed by atoms with Crippen LogP contribution in [0.15, 0.2) is 30.3 Å². The van der Waals surface area contributed by atoms with E-state index < -0.39 is 0 Å². The number of aryl methyl sites for hydroxylation is 1. The van der Waals surface area contributed by atoms with Crippen LogP contribution in [-0.2, 0) is 16.0 Å². The second-order valence-electron chi connectivity index (χ2n) is 7.59.